The van der Waals surface area contributed by atoms with Crippen molar-refractivity contribution in [2.24, 2.45) is 0 Å². The van der Waals surface area contributed by atoms with Gasteiger partial charge in [-0.1, -0.05) is 0 Å². The van der Waals surface area contributed by atoms with Gasteiger partial charge in [0, 0.05) is 31.6 Å². The molecule has 1 aliphatic rings. The van der Waals surface area contributed by atoms with Crippen molar-refractivity contribution in [2.75, 3.05) is 38.2 Å². The number of pyridine rings is 1. The summed E-state index contributed by atoms with van der Waals surface area (Å²) in [6.07, 6.45) is 3.03. The highest BCUT2D eigenvalue weighted by molar-refractivity contribution is 5.94. The number of carbonyl (C=O) groups excluding carboxylic acids is 1. The number of rotatable bonds is 3. The molecule has 0 spiro atoms. The van der Waals surface area contributed by atoms with Crippen molar-refractivity contribution < 1.29 is 13.9 Å². The zero-order valence-corrected chi connectivity index (χ0v) is 14.9. The van der Waals surface area contributed by atoms with Gasteiger partial charge in [0.05, 0.1) is 24.5 Å². The summed E-state index contributed by atoms with van der Waals surface area (Å²) in [7, 11) is 1.67. The van der Waals surface area contributed by atoms with Crippen LogP contribution in [0.25, 0.3) is 10.9 Å². The van der Waals surface area contributed by atoms with E-state index >= 15 is 0 Å². The van der Waals surface area contributed by atoms with Crippen LogP contribution in [0, 0.1) is 6.92 Å². The summed E-state index contributed by atoms with van der Waals surface area (Å²) < 4.78 is 10.3. The first-order valence-electron chi connectivity index (χ1n) is 8.67. The number of nitrogens with zero attached hydrogens (tertiary/aromatic N) is 3. The fourth-order valence-electron chi connectivity index (χ4n) is 3.39. The number of furan rings is 1. The van der Waals surface area contributed by atoms with Crippen molar-refractivity contribution >= 4 is 22.6 Å². The molecule has 0 bridgehead atoms. The Hall–Kier alpha value is -3.02. The lowest BCUT2D eigenvalue weighted by atomic mass is 10.1. The first-order chi connectivity index (χ1) is 12.7. The van der Waals surface area contributed by atoms with Crippen LogP contribution in [0.3, 0.4) is 0 Å². The van der Waals surface area contributed by atoms with Crippen molar-refractivity contribution in [3.63, 3.8) is 0 Å². The predicted octanol–water partition coefficient (Wildman–Crippen LogP) is 3.11. The number of methoxy groups -OCH3 is 1. The minimum atomic E-state index is 0.0219. The van der Waals surface area contributed by atoms with E-state index < -0.39 is 0 Å². The van der Waals surface area contributed by atoms with Crippen molar-refractivity contribution in [1.82, 2.24) is 9.88 Å². The largest absolute Gasteiger partial charge is 0.497 e. The number of hydrogen-bond acceptors (Lipinski definition) is 5. The number of amides is 1. The number of fused-ring (bicyclic) bond motifs is 1. The smallest absolute Gasteiger partial charge is 0.257 e. The Balaban J connectivity index is 1.52. The molecule has 6 heteroatoms. The van der Waals surface area contributed by atoms with Gasteiger partial charge in [-0.2, -0.15) is 0 Å². The molecule has 1 amide bonds. The second-order valence-corrected chi connectivity index (χ2v) is 6.48. The highest BCUT2D eigenvalue weighted by Gasteiger charge is 2.24. The number of anilines is 1. The lowest BCUT2D eigenvalue weighted by Gasteiger charge is -2.36. The van der Waals surface area contributed by atoms with Gasteiger partial charge in [-0.3, -0.25) is 4.79 Å². The highest BCUT2D eigenvalue weighted by atomic mass is 16.5. The van der Waals surface area contributed by atoms with Crippen LogP contribution in [0.4, 0.5) is 5.82 Å². The number of aryl methyl sites for hydroxylation is 1. The number of piperazine rings is 1. The first-order valence-corrected chi connectivity index (χ1v) is 8.67. The standard InChI is InChI=1S/C20H21N3O3/c1-14-11-16-12-17(25-2)3-4-18(16)21-19(14)22-6-8-23(9-7-22)20(24)15-5-10-26-13-15/h3-5,10-13H,6-9H2,1-2H3. The Morgan fingerprint density at radius 3 is 2.65 bits per heavy atom. The fourth-order valence-corrected chi connectivity index (χ4v) is 3.39. The van der Waals surface area contributed by atoms with Gasteiger partial charge in [0.2, 0.25) is 0 Å². The van der Waals surface area contributed by atoms with Gasteiger partial charge in [-0.25, -0.2) is 4.98 Å². The zero-order valence-electron chi connectivity index (χ0n) is 14.9. The summed E-state index contributed by atoms with van der Waals surface area (Å²) in [5.74, 6) is 1.84. The highest BCUT2D eigenvalue weighted by Crippen LogP contribution is 2.26. The SMILES string of the molecule is COc1ccc2nc(N3CCN(C(=O)c4ccoc4)CC3)c(C)cc2c1. The van der Waals surface area contributed by atoms with Crippen LogP contribution in [0.1, 0.15) is 15.9 Å². The van der Waals surface area contributed by atoms with E-state index in [2.05, 4.69) is 17.9 Å². The van der Waals surface area contributed by atoms with E-state index in [1.165, 1.54) is 12.5 Å². The molecule has 1 aromatic carbocycles. The van der Waals surface area contributed by atoms with E-state index in [9.17, 15) is 4.79 Å². The molecule has 6 nitrogen and oxygen atoms in total. The lowest BCUT2D eigenvalue weighted by Crippen LogP contribution is -2.49. The molecule has 4 rings (SSSR count). The molecule has 1 fully saturated rings. The van der Waals surface area contributed by atoms with Gasteiger partial charge in [0.25, 0.3) is 5.91 Å². The first kappa shape index (κ1) is 16.4. The molecule has 3 heterocycles. The summed E-state index contributed by atoms with van der Waals surface area (Å²) in [4.78, 5) is 21.4. The maximum absolute atomic E-state index is 12.4. The van der Waals surface area contributed by atoms with Crippen molar-refractivity contribution in [2.45, 2.75) is 6.92 Å². The van der Waals surface area contributed by atoms with Gasteiger partial charge in [-0.05, 0) is 42.8 Å². The third-order valence-corrected chi connectivity index (χ3v) is 4.82. The normalized spacial score (nSPS) is 14.7. The maximum Gasteiger partial charge on any atom is 0.257 e. The molecule has 134 valence electrons. The molecule has 2 aromatic heterocycles. The molecule has 1 aliphatic heterocycles. The Morgan fingerprint density at radius 2 is 1.96 bits per heavy atom. The quantitative estimate of drug-likeness (QED) is 0.726. The van der Waals surface area contributed by atoms with Crippen molar-refractivity contribution in [3.8, 4) is 5.75 Å². The van der Waals surface area contributed by atoms with Crippen LogP contribution in [0.15, 0.2) is 47.3 Å². The lowest BCUT2D eigenvalue weighted by molar-refractivity contribution is 0.0746. The van der Waals surface area contributed by atoms with Crippen LogP contribution >= 0.6 is 0 Å². The number of carbonyl (C=O) groups is 1. The molecule has 0 radical (unpaired) electrons. The third-order valence-electron chi connectivity index (χ3n) is 4.82. The van der Waals surface area contributed by atoms with E-state index in [-0.39, 0.29) is 5.91 Å². The minimum Gasteiger partial charge on any atom is -0.497 e. The van der Waals surface area contributed by atoms with Crippen molar-refractivity contribution in [1.29, 1.82) is 0 Å². The van der Waals surface area contributed by atoms with E-state index in [1.54, 1.807) is 13.2 Å². The molecular weight excluding hydrogens is 330 g/mol. The summed E-state index contributed by atoms with van der Waals surface area (Å²) in [6, 6.07) is 9.76. The number of aromatic nitrogens is 1. The van der Waals surface area contributed by atoms with E-state index in [4.69, 9.17) is 14.1 Å². The maximum atomic E-state index is 12.4. The molecule has 0 saturated carbocycles. The molecular formula is C20H21N3O3. The Morgan fingerprint density at radius 1 is 1.15 bits per heavy atom. The van der Waals surface area contributed by atoms with E-state index in [0.29, 0.717) is 18.7 Å². The average Bonchev–Trinajstić information content (AvgIpc) is 3.21. The Kier molecular flexibility index (Phi) is 4.24. The Bertz CT molecular complexity index is 929. The van der Waals surface area contributed by atoms with Crippen LogP contribution < -0.4 is 9.64 Å². The average molecular weight is 351 g/mol. The second-order valence-electron chi connectivity index (χ2n) is 6.48. The molecule has 0 atom stereocenters. The number of hydrogen-bond donors (Lipinski definition) is 0. The van der Waals surface area contributed by atoms with Gasteiger partial charge in [0.1, 0.15) is 17.8 Å². The van der Waals surface area contributed by atoms with E-state index in [1.807, 2.05) is 23.1 Å². The summed E-state index contributed by atoms with van der Waals surface area (Å²) in [5.41, 5.74) is 2.68. The second kappa shape index (κ2) is 6.71. The molecule has 3 aromatic rings. The van der Waals surface area contributed by atoms with Crippen molar-refractivity contribution in [3.05, 3.63) is 54.0 Å². The van der Waals surface area contributed by atoms with Crippen LogP contribution in [-0.2, 0) is 0 Å². The monoisotopic (exact) mass is 351 g/mol. The fraction of sp³-hybridized carbons (Fsp3) is 0.300. The van der Waals surface area contributed by atoms with Crippen LogP contribution in [-0.4, -0.2) is 49.1 Å². The van der Waals surface area contributed by atoms with Gasteiger partial charge in [-0.15, -0.1) is 0 Å². The van der Waals surface area contributed by atoms with Gasteiger partial charge >= 0.3 is 0 Å². The Labute approximate surface area is 152 Å². The minimum absolute atomic E-state index is 0.0219. The van der Waals surface area contributed by atoms with Crippen LogP contribution in [0.2, 0.25) is 0 Å². The molecule has 26 heavy (non-hydrogen) atoms. The van der Waals surface area contributed by atoms with Gasteiger partial charge in [0.15, 0.2) is 0 Å². The summed E-state index contributed by atoms with van der Waals surface area (Å²) >= 11 is 0. The predicted molar refractivity (Wildman–Crippen MR) is 99.9 cm³/mol. The third kappa shape index (κ3) is 2.98. The van der Waals surface area contributed by atoms with Crippen LogP contribution in [0.5, 0.6) is 5.75 Å². The van der Waals surface area contributed by atoms with Gasteiger partial charge < -0.3 is 19.0 Å². The molecule has 0 N–H and O–H groups in total. The van der Waals surface area contributed by atoms with E-state index in [0.717, 1.165) is 41.1 Å². The molecule has 1 saturated heterocycles. The summed E-state index contributed by atoms with van der Waals surface area (Å²) in [6.45, 7) is 4.94. The zero-order chi connectivity index (χ0) is 18.1. The summed E-state index contributed by atoms with van der Waals surface area (Å²) in [5, 5.41) is 1.07. The molecule has 0 unspecified atom stereocenters. The molecule has 0 aliphatic carbocycles. The topological polar surface area (TPSA) is 58.8 Å². The number of benzene rings is 1. The number of ether oxygens (including phenoxy) is 1.